The SMILES string of the molecule is O=C(C1CCCCN1)N1CCCC(CCO)C1. The van der Waals surface area contributed by atoms with Gasteiger partial charge in [-0.2, -0.15) is 0 Å². The summed E-state index contributed by atoms with van der Waals surface area (Å²) in [5.74, 6) is 0.786. The smallest absolute Gasteiger partial charge is 0.239 e. The summed E-state index contributed by atoms with van der Waals surface area (Å²) in [6.45, 7) is 2.97. The highest BCUT2D eigenvalue weighted by Crippen LogP contribution is 2.21. The Morgan fingerprint density at radius 1 is 1.29 bits per heavy atom. The van der Waals surface area contributed by atoms with E-state index in [1.807, 2.05) is 4.90 Å². The number of hydrogen-bond donors (Lipinski definition) is 2. The highest BCUT2D eigenvalue weighted by molar-refractivity contribution is 5.82. The Morgan fingerprint density at radius 2 is 2.18 bits per heavy atom. The fourth-order valence-electron chi connectivity index (χ4n) is 2.97. The molecule has 0 radical (unpaired) electrons. The summed E-state index contributed by atoms with van der Waals surface area (Å²) < 4.78 is 0. The molecule has 2 aliphatic heterocycles. The maximum absolute atomic E-state index is 12.3. The molecule has 0 aromatic rings. The van der Waals surface area contributed by atoms with Gasteiger partial charge < -0.3 is 15.3 Å². The van der Waals surface area contributed by atoms with Gasteiger partial charge in [0.15, 0.2) is 0 Å². The Hall–Kier alpha value is -0.610. The van der Waals surface area contributed by atoms with Crippen LogP contribution in [-0.2, 0) is 4.79 Å². The van der Waals surface area contributed by atoms with Crippen LogP contribution in [-0.4, -0.2) is 48.2 Å². The summed E-state index contributed by atoms with van der Waals surface area (Å²) in [6.07, 6.45) is 6.42. The molecule has 2 unspecified atom stereocenters. The average molecular weight is 240 g/mol. The molecule has 0 saturated carbocycles. The molecule has 98 valence electrons. The largest absolute Gasteiger partial charge is 0.396 e. The van der Waals surface area contributed by atoms with E-state index in [1.54, 1.807) is 0 Å². The van der Waals surface area contributed by atoms with E-state index in [1.165, 1.54) is 6.42 Å². The molecule has 0 aliphatic carbocycles. The fourth-order valence-corrected chi connectivity index (χ4v) is 2.97. The molecule has 4 nitrogen and oxygen atoms in total. The number of nitrogens with zero attached hydrogens (tertiary/aromatic N) is 1. The van der Waals surface area contributed by atoms with E-state index in [4.69, 9.17) is 5.11 Å². The van der Waals surface area contributed by atoms with Gasteiger partial charge in [-0.3, -0.25) is 4.79 Å². The second-order valence-electron chi connectivity index (χ2n) is 5.31. The first-order valence-corrected chi connectivity index (χ1v) is 6.94. The maximum atomic E-state index is 12.3. The lowest BCUT2D eigenvalue weighted by molar-refractivity contribution is -0.136. The van der Waals surface area contributed by atoms with Crippen LogP contribution >= 0.6 is 0 Å². The number of aliphatic hydroxyl groups is 1. The molecule has 2 heterocycles. The van der Waals surface area contributed by atoms with Gasteiger partial charge in [-0.05, 0) is 44.6 Å². The quantitative estimate of drug-likeness (QED) is 0.765. The standard InChI is InChI=1S/C13H24N2O2/c16-9-6-11-4-3-8-15(10-11)13(17)12-5-1-2-7-14-12/h11-12,14,16H,1-10H2. The minimum atomic E-state index is 0.0524. The molecule has 0 aromatic carbocycles. The highest BCUT2D eigenvalue weighted by Gasteiger charge is 2.29. The van der Waals surface area contributed by atoms with Crippen molar-refractivity contribution in [1.82, 2.24) is 10.2 Å². The predicted octanol–water partition coefficient (Wildman–Crippen LogP) is 0.749. The zero-order chi connectivity index (χ0) is 12.1. The van der Waals surface area contributed by atoms with E-state index in [9.17, 15) is 4.79 Å². The van der Waals surface area contributed by atoms with Gasteiger partial charge >= 0.3 is 0 Å². The maximum Gasteiger partial charge on any atom is 0.239 e. The number of likely N-dealkylation sites (tertiary alicyclic amines) is 1. The molecule has 0 aromatic heterocycles. The summed E-state index contributed by atoms with van der Waals surface area (Å²) in [6, 6.07) is 0.0524. The lowest BCUT2D eigenvalue weighted by Gasteiger charge is -2.36. The molecular formula is C13H24N2O2. The van der Waals surface area contributed by atoms with Crippen molar-refractivity contribution in [3.05, 3.63) is 0 Å². The lowest BCUT2D eigenvalue weighted by atomic mass is 9.94. The molecule has 0 spiro atoms. The van der Waals surface area contributed by atoms with E-state index in [0.29, 0.717) is 5.92 Å². The first-order valence-electron chi connectivity index (χ1n) is 6.94. The minimum Gasteiger partial charge on any atom is -0.396 e. The van der Waals surface area contributed by atoms with Crippen LogP contribution in [0.3, 0.4) is 0 Å². The molecule has 2 aliphatic rings. The second-order valence-corrected chi connectivity index (χ2v) is 5.31. The molecule has 1 amide bonds. The second kappa shape index (κ2) is 6.36. The van der Waals surface area contributed by atoms with Crippen LogP contribution in [0.25, 0.3) is 0 Å². The van der Waals surface area contributed by atoms with Gasteiger partial charge in [-0.15, -0.1) is 0 Å². The number of nitrogens with one attached hydrogen (secondary N) is 1. The van der Waals surface area contributed by atoms with Crippen LogP contribution in [0.15, 0.2) is 0 Å². The number of carbonyl (C=O) groups is 1. The Bertz CT molecular complexity index is 250. The third-order valence-electron chi connectivity index (χ3n) is 3.98. The van der Waals surface area contributed by atoms with Crippen LogP contribution in [0.2, 0.25) is 0 Å². The van der Waals surface area contributed by atoms with Crippen molar-refractivity contribution < 1.29 is 9.90 Å². The zero-order valence-electron chi connectivity index (χ0n) is 10.5. The summed E-state index contributed by atoms with van der Waals surface area (Å²) in [4.78, 5) is 14.3. The minimum absolute atomic E-state index is 0.0524. The van der Waals surface area contributed by atoms with Crippen molar-refractivity contribution in [2.45, 2.75) is 44.6 Å². The molecule has 4 heteroatoms. The number of piperidine rings is 2. The summed E-state index contributed by atoms with van der Waals surface area (Å²) in [5, 5.41) is 12.3. The number of hydrogen-bond acceptors (Lipinski definition) is 3. The van der Waals surface area contributed by atoms with E-state index in [0.717, 1.165) is 51.7 Å². The number of aliphatic hydroxyl groups excluding tert-OH is 1. The van der Waals surface area contributed by atoms with Gasteiger partial charge in [0.25, 0.3) is 0 Å². The van der Waals surface area contributed by atoms with Crippen molar-refractivity contribution in [3.8, 4) is 0 Å². The van der Waals surface area contributed by atoms with E-state index in [-0.39, 0.29) is 18.6 Å². The van der Waals surface area contributed by atoms with Crippen LogP contribution in [0, 0.1) is 5.92 Å². The fraction of sp³-hybridized carbons (Fsp3) is 0.923. The van der Waals surface area contributed by atoms with Gasteiger partial charge in [0.2, 0.25) is 5.91 Å². The normalized spacial score (nSPS) is 30.3. The van der Waals surface area contributed by atoms with E-state index >= 15 is 0 Å². The van der Waals surface area contributed by atoms with Crippen LogP contribution in [0.1, 0.15) is 38.5 Å². The van der Waals surface area contributed by atoms with Gasteiger partial charge in [-0.25, -0.2) is 0 Å². The molecule has 2 saturated heterocycles. The van der Waals surface area contributed by atoms with Crippen molar-refractivity contribution >= 4 is 5.91 Å². The highest BCUT2D eigenvalue weighted by atomic mass is 16.3. The van der Waals surface area contributed by atoms with Crippen molar-refractivity contribution in [2.24, 2.45) is 5.92 Å². The zero-order valence-corrected chi connectivity index (χ0v) is 10.5. The monoisotopic (exact) mass is 240 g/mol. The van der Waals surface area contributed by atoms with E-state index in [2.05, 4.69) is 5.32 Å². The van der Waals surface area contributed by atoms with Crippen molar-refractivity contribution in [1.29, 1.82) is 0 Å². The number of rotatable bonds is 3. The van der Waals surface area contributed by atoms with Gasteiger partial charge in [0.1, 0.15) is 0 Å². The molecule has 2 atom stereocenters. The van der Waals surface area contributed by atoms with Crippen molar-refractivity contribution in [3.63, 3.8) is 0 Å². The first kappa shape index (κ1) is 12.8. The Kier molecular flexibility index (Phi) is 4.80. The molecule has 2 rings (SSSR count). The summed E-state index contributed by atoms with van der Waals surface area (Å²) in [5.41, 5.74) is 0. The molecule has 2 fully saturated rings. The molecule has 17 heavy (non-hydrogen) atoms. The van der Waals surface area contributed by atoms with Crippen molar-refractivity contribution in [2.75, 3.05) is 26.2 Å². The molecule has 2 N–H and O–H groups in total. The first-order chi connectivity index (χ1) is 8.31. The molecule has 0 bridgehead atoms. The number of carbonyl (C=O) groups excluding carboxylic acids is 1. The topological polar surface area (TPSA) is 52.6 Å². The number of amides is 1. The van der Waals surface area contributed by atoms with Crippen LogP contribution in [0.4, 0.5) is 0 Å². The Labute approximate surface area is 103 Å². The van der Waals surface area contributed by atoms with Crippen LogP contribution in [0.5, 0.6) is 0 Å². The Balaban J connectivity index is 1.85. The predicted molar refractivity (Wildman–Crippen MR) is 66.6 cm³/mol. The van der Waals surface area contributed by atoms with Gasteiger partial charge in [0, 0.05) is 19.7 Å². The average Bonchev–Trinajstić information content (AvgIpc) is 2.40. The van der Waals surface area contributed by atoms with E-state index < -0.39 is 0 Å². The van der Waals surface area contributed by atoms with Gasteiger partial charge in [-0.1, -0.05) is 6.42 Å². The Morgan fingerprint density at radius 3 is 2.88 bits per heavy atom. The summed E-state index contributed by atoms with van der Waals surface area (Å²) >= 11 is 0. The third-order valence-corrected chi connectivity index (χ3v) is 3.98. The molecular weight excluding hydrogens is 216 g/mol. The van der Waals surface area contributed by atoms with Gasteiger partial charge in [0.05, 0.1) is 6.04 Å². The third kappa shape index (κ3) is 3.42. The van der Waals surface area contributed by atoms with Crippen LogP contribution < -0.4 is 5.32 Å². The summed E-state index contributed by atoms with van der Waals surface area (Å²) in [7, 11) is 0. The lowest BCUT2D eigenvalue weighted by Crippen LogP contribution is -2.51.